The molecule has 2 N–H and O–H groups in total. The van der Waals surface area contributed by atoms with Gasteiger partial charge in [0.2, 0.25) is 5.95 Å². The minimum absolute atomic E-state index is 0.242. The van der Waals surface area contributed by atoms with E-state index in [1.54, 1.807) is 25.4 Å². The maximum atomic E-state index is 5.93. The van der Waals surface area contributed by atoms with E-state index >= 15 is 0 Å². The number of aromatic nitrogens is 2. The lowest BCUT2D eigenvalue weighted by atomic mass is 10.1. The van der Waals surface area contributed by atoms with Gasteiger partial charge in [-0.1, -0.05) is 17.7 Å². The molecular formula is C11H10ClN3O. The molecule has 0 fully saturated rings. The Balaban J connectivity index is 2.48. The van der Waals surface area contributed by atoms with Crippen LogP contribution < -0.4 is 10.5 Å². The molecule has 1 heterocycles. The van der Waals surface area contributed by atoms with Crippen LogP contribution >= 0.6 is 11.6 Å². The molecule has 2 aromatic rings. The van der Waals surface area contributed by atoms with Crippen molar-refractivity contribution in [3.8, 4) is 17.0 Å². The predicted molar refractivity (Wildman–Crippen MR) is 63.4 cm³/mol. The Hall–Kier alpha value is -1.81. The summed E-state index contributed by atoms with van der Waals surface area (Å²) in [5.41, 5.74) is 7.14. The van der Waals surface area contributed by atoms with Gasteiger partial charge in [0.1, 0.15) is 5.75 Å². The van der Waals surface area contributed by atoms with Crippen LogP contribution in [-0.2, 0) is 0 Å². The van der Waals surface area contributed by atoms with Crippen molar-refractivity contribution in [2.24, 2.45) is 0 Å². The van der Waals surface area contributed by atoms with E-state index in [4.69, 9.17) is 22.1 Å². The first kappa shape index (κ1) is 10.7. The fraction of sp³-hybridized carbons (Fsp3) is 0.0909. The van der Waals surface area contributed by atoms with Gasteiger partial charge in [-0.15, -0.1) is 0 Å². The van der Waals surface area contributed by atoms with Crippen LogP contribution in [0.15, 0.2) is 30.5 Å². The van der Waals surface area contributed by atoms with Crippen LogP contribution in [0.4, 0.5) is 5.95 Å². The SMILES string of the molecule is COc1cc(-c2ccnc(N)n2)ccc1Cl. The quantitative estimate of drug-likeness (QED) is 0.868. The predicted octanol–water partition coefficient (Wildman–Crippen LogP) is 2.39. The van der Waals surface area contributed by atoms with Gasteiger partial charge < -0.3 is 10.5 Å². The van der Waals surface area contributed by atoms with Crippen molar-refractivity contribution in [2.75, 3.05) is 12.8 Å². The summed E-state index contributed by atoms with van der Waals surface area (Å²) < 4.78 is 5.13. The number of hydrogen-bond donors (Lipinski definition) is 1. The van der Waals surface area contributed by atoms with Gasteiger partial charge in [-0.25, -0.2) is 9.97 Å². The van der Waals surface area contributed by atoms with Crippen molar-refractivity contribution < 1.29 is 4.74 Å². The van der Waals surface area contributed by atoms with E-state index in [2.05, 4.69) is 9.97 Å². The van der Waals surface area contributed by atoms with Crippen molar-refractivity contribution in [2.45, 2.75) is 0 Å². The van der Waals surface area contributed by atoms with Gasteiger partial charge in [-0.3, -0.25) is 0 Å². The molecule has 5 heteroatoms. The molecule has 0 spiro atoms. The molecule has 1 aromatic carbocycles. The molecular weight excluding hydrogens is 226 g/mol. The van der Waals surface area contributed by atoms with E-state index in [-0.39, 0.29) is 5.95 Å². The third-order valence-corrected chi connectivity index (χ3v) is 2.43. The van der Waals surface area contributed by atoms with Gasteiger partial charge >= 0.3 is 0 Å². The average molecular weight is 236 g/mol. The molecule has 0 aliphatic rings. The maximum absolute atomic E-state index is 5.93. The van der Waals surface area contributed by atoms with Gasteiger partial charge in [0.25, 0.3) is 0 Å². The number of halogens is 1. The number of nitrogens with two attached hydrogens (primary N) is 1. The Labute approximate surface area is 98.0 Å². The first-order chi connectivity index (χ1) is 7.70. The molecule has 0 amide bonds. The first-order valence-corrected chi connectivity index (χ1v) is 5.01. The lowest BCUT2D eigenvalue weighted by Gasteiger charge is -2.06. The van der Waals surface area contributed by atoms with Crippen molar-refractivity contribution in [1.29, 1.82) is 0 Å². The van der Waals surface area contributed by atoms with Gasteiger partial charge in [-0.05, 0) is 18.2 Å². The Morgan fingerprint density at radius 1 is 1.31 bits per heavy atom. The van der Waals surface area contributed by atoms with E-state index in [1.807, 2.05) is 12.1 Å². The number of nitrogens with zero attached hydrogens (tertiary/aromatic N) is 2. The van der Waals surface area contributed by atoms with Crippen molar-refractivity contribution in [1.82, 2.24) is 9.97 Å². The summed E-state index contributed by atoms with van der Waals surface area (Å²) in [7, 11) is 1.57. The fourth-order valence-electron chi connectivity index (χ4n) is 1.35. The van der Waals surface area contributed by atoms with E-state index in [9.17, 15) is 0 Å². The third kappa shape index (κ3) is 2.06. The van der Waals surface area contributed by atoms with Crippen LogP contribution in [0.25, 0.3) is 11.3 Å². The van der Waals surface area contributed by atoms with E-state index in [0.29, 0.717) is 10.8 Å². The number of methoxy groups -OCH3 is 1. The zero-order chi connectivity index (χ0) is 11.5. The minimum atomic E-state index is 0.242. The zero-order valence-corrected chi connectivity index (χ0v) is 9.40. The first-order valence-electron chi connectivity index (χ1n) is 4.63. The monoisotopic (exact) mass is 235 g/mol. The van der Waals surface area contributed by atoms with Crippen molar-refractivity contribution >= 4 is 17.5 Å². The molecule has 0 saturated heterocycles. The zero-order valence-electron chi connectivity index (χ0n) is 8.64. The van der Waals surface area contributed by atoms with E-state index in [1.165, 1.54) is 0 Å². The largest absolute Gasteiger partial charge is 0.495 e. The Morgan fingerprint density at radius 3 is 2.81 bits per heavy atom. The van der Waals surface area contributed by atoms with Crippen LogP contribution in [0.3, 0.4) is 0 Å². The molecule has 82 valence electrons. The van der Waals surface area contributed by atoms with Crippen LogP contribution in [-0.4, -0.2) is 17.1 Å². The second kappa shape index (κ2) is 4.37. The number of anilines is 1. The van der Waals surface area contributed by atoms with Gasteiger partial charge in [0, 0.05) is 11.8 Å². The van der Waals surface area contributed by atoms with E-state index < -0.39 is 0 Å². The summed E-state index contributed by atoms with van der Waals surface area (Å²) >= 11 is 5.93. The summed E-state index contributed by atoms with van der Waals surface area (Å²) in [5, 5.41) is 0.563. The molecule has 1 aromatic heterocycles. The number of nitrogen functional groups attached to an aromatic ring is 1. The molecule has 16 heavy (non-hydrogen) atoms. The lowest BCUT2D eigenvalue weighted by Crippen LogP contribution is -1.95. The van der Waals surface area contributed by atoms with Crippen LogP contribution in [0.2, 0.25) is 5.02 Å². The second-order valence-electron chi connectivity index (χ2n) is 3.15. The van der Waals surface area contributed by atoms with Gasteiger partial charge in [-0.2, -0.15) is 0 Å². The highest BCUT2D eigenvalue weighted by Gasteiger charge is 2.05. The minimum Gasteiger partial charge on any atom is -0.495 e. The molecule has 0 bridgehead atoms. The summed E-state index contributed by atoms with van der Waals surface area (Å²) in [6.07, 6.45) is 1.61. The maximum Gasteiger partial charge on any atom is 0.220 e. The second-order valence-corrected chi connectivity index (χ2v) is 3.56. The molecule has 0 atom stereocenters. The average Bonchev–Trinajstić information content (AvgIpc) is 2.29. The molecule has 4 nitrogen and oxygen atoms in total. The van der Waals surface area contributed by atoms with Crippen LogP contribution in [0.1, 0.15) is 0 Å². The van der Waals surface area contributed by atoms with Crippen molar-refractivity contribution in [3.05, 3.63) is 35.5 Å². The van der Waals surface area contributed by atoms with Gasteiger partial charge in [0.05, 0.1) is 17.8 Å². The fourth-order valence-corrected chi connectivity index (χ4v) is 1.55. The number of benzene rings is 1. The summed E-state index contributed by atoms with van der Waals surface area (Å²) in [5.74, 6) is 0.850. The Bertz CT molecular complexity index is 516. The third-order valence-electron chi connectivity index (χ3n) is 2.12. The highest BCUT2D eigenvalue weighted by Crippen LogP contribution is 2.29. The highest BCUT2D eigenvalue weighted by atomic mass is 35.5. The standard InChI is InChI=1S/C11H10ClN3O/c1-16-10-6-7(2-3-8(10)12)9-4-5-14-11(13)15-9/h2-6H,1H3,(H2,13,14,15). The molecule has 0 aliphatic carbocycles. The van der Waals surface area contributed by atoms with Gasteiger partial charge in [0.15, 0.2) is 0 Å². The van der Waals surface area contributed by atoms with Crippen LogP contribution in [0, 0.1) is 0 Å². The lowest BCUT2D eigenvalue weighted by molar-refractivity contribution is 0.415. The molecule has 0 saturated carbocycles. The number of hydrogen-bond acceptors (Lipinski definition) is 4. The van der Waals surface area contributed by atoms with E-state index in [0.717, 1.165) is 11.3 Å². The molecule has 0 unspecified atom stereocenters. The molecule has 0 aliphatic heterocycles. The smallest absolute Gasteiger partial charge is 0.220 e. The Kier molecular flexibility index (Phi) is 2.92. The Morgan fingerprint density at radius 2 is 2.12 bits per heavy atom. The molecule has 2 rings (SSSR count). The number of rotatable bonds is 2. The molecule has 0 radical (unpaired) electrons. The summed E-state index contributed by atoms with van der Waals surface area (Å²) in [4.78, 5) is 7.95. The summed E-state index contributed by atoms with van der Waals surface area (Å²) in [6.45, 7) is 0. The summed E-state index contributed by atoms with van der Waals surface area (Å²) in [6, 6.07) is 7.20. The highest BCUT2D eigenvalue weighted by molar-refractivity contribution is 6.32. The number of ether oxygens (including phenoxy) is 1. The topological polar surface area (TPSA) is 61.0 Å². The van der Waals surface area contributed by atoms with Crippen molar-refractivity contribution in [3.63, 3.8) is 0 Å². The van der Waals surface area contributed by atoms with Crippen LogP contribution in [0.5, 0.6) is 5.75 Å². The normalized spacial score (nSPS) is 10.1.